The number of phenols is 1. The molecule has 1 unspecified atom stereocenters. The molecule has 2 aromatic carbocycles. The van der Waals surface area contributed by atoms with Crippen LogP contribution in [-0.4, -0.2) is 35.6 Å². The Kier molecular flexibility index (Phi) is 7.79. The third-order valence-electron chi connectivity index (χ3n) is 7.07. The van der Waals surface area contributed by atoms with Crippen molar-refractivity contribution >= 4 is 51.7 Å². The number of alkyl halides is 1. The number of aliphatic imine (C=N–C) groups is 1. The summed E-state index contributed by atoms with van der Waals surface area (Å²) in [6.45, 7) is 0.677. The first-order valence-corrected chi connectivity index (χ1v) is 16.6. The summed E-state index contributed by atoms with van der Waals surface area (Å²) in [6.07, 6.45) is 10.1. The van der Waals surface area contributed by atoms with Crippen molar-refractivity contribution in [1.29, 1.82) is 0 Å². The fourth-order valence-electron chi connectivity index (χ4n) is 4.88. The summed E-state index contributed by atoms with van der Waals surface area (Å²) >= 11 is 0.948. The average molecular weight is 661 g/mol. The molecular formula is C29H30BrIN2O3. The number of aromatic hydroxyl groups is 1. The van der Waals surface area contributed by atoms with Crippen LogP contribution in [-0.2, 0) is 10.2 Å². The number of fused-ring (bicyclic) bond motifs is 1. The molecule has 1 saturated carbocycles. The van der Waals surface area contributed by atoms with Crippen LogP contribution in [0.25, 0.3) is 5.57 Å². The zero-order valence-corrected chi connectivity index (χ0v) is 23.7. The number of nitrogens with one attached hydrogen (secondary N) is 1. The van der Waals surface area contributed by atoms with Gasteiger partial charge in [-0.3, -0.25) is 0 Å². The number of rotatable bonds is 9. The number of para-hydroxylation sites is 1. The molecule has 3 aliphatic rings. The average Bonchev–Trinajstić information content (AvgIpc) is 3.63. The molecular weight excluding hydrogens is 631 g/mol. The topological polar surface area (TPSA) is 81.9 Å². The molecule has 188 valence electrons. The molecule has 1 fully saturated rings. The Morgan fingerprint density at radius 1 is 1.14 bits per heavy atom. The summed E-state index contributed by atoms with van der Waals surface area (Å²) in [4.78, 5) is 17.8. The maximum atomic E-state index is 13.1. The van der Waals surface area contributed by atoms with Crippen molar-refractivity contribution in [2.75, 3.05) is 11.0 Å². The molecule has 2 aromatic rings. The van der Waals surface area contributed by atoms with E-state index in [0.717, 1.165) is 59.0 Å². The third kappa shape index (κ3) is 5.38. The predicted octanol–water partition coefficient (Wildman–Crippen LogP) is 6.21. The SMILES string of the molecule is O=C(I(O)CCCN/C1=C/C(c2ccccc2O)=C/CC2=C(Br)C=NC2C1)C1(c2ccccc2)CC1. The van der Waals surface area contributed by atoms with Gasteiger partial charge < -0.3 is 0 Å². The van der Waals surface area contributed by atoms with Crippen LogP contribution >= 0.6 is 36.2 Å². The fourth-order valence-corrected chi connectivity index (χ4v) is 9.06. The second-order valence-electron chi connectivity index (χ2n) is 9.45. The first-order chi connectivity index (χ1) is 17.5. The Morgan fingerprint density at radius 2 is 1.89 bits per heavy atom. The summed E-state index contributed by atoms with van der Waals surface area (Å²) in [5.74, 6) is 0.257. The number of phenolic OH excluding ortho intramolecular Hbond substituents is 1. The van der Waals surface area contributed by atoms with Gasteiger partial charge in [0.25, 0.3) is 0 Å². The van der Waals surface area contributed by atoms with Crippen LogP contribution in [0.4, 0.5) is 0 Å². The number of nitrogens with zero attached hydrogens (tertiary/aromatic N) is 1. The molecule has 0 bridgehead atoms. The molecule has 0 spiro atoms. The maximum absolute atomic E-state index is 13.1. The van der Waals surface area contributed by atoms with Gasteiger partial charge in [0.1, 0.15) is 0 Å². The van der Waals surface area contributed by atoms with E-state index < -0.39 is 25.6 Å². The van der Waals surface area contributed by atoms with Gasteiger partial charge >= 0.3 is 229 Å². The Bertz CT molecular complexity index is 1260. The van der Waals surface area contributed by atoms with Gasteiger partial charge in [-0.25, -0.2) is 0 Å². The van der Waals surface area contributed by atoms with E-state index in [-0.39, 0.29) is 15.6 Å². The predicted molar refractivity (Wildman–Crippen MR) is 158 cm³/mol. The number of allylic oxidation sites excluding steroid dienone is 4. The Labute approximate surface area is 228 Å². The summed E-state index contributed by atoms with van der Waals surface area (Å²) in [5.41, 5.74) is 4.68. The van der Waals surface area contributed by atoms with Crippen LogP contribution in [0.2, 0.25) is 0 Å². The molecule has 0 saturated heterocycles. The van der Waals surface area contributed by atoms with Gasteiger partial charge in [0, 0.05) is 0 Å². The van der Waals surface area contributed by atoms with E-state index >= 15 is 0 Å². The summed E-state index contributed by atoms with van der Waals surface area (Å²) < 4.78 is 12.6. The number of carbonyl (C=O) groups is 1. The van der Waals surface area contributed by atoms with E-state index in [9.17, 15) is 13.3 Å². The van der Waals surface area contributed by atoms with E-state index in [1.165, 1.54) is 5.57 Å². The van der Waals surface area contributed by atoms with E-state index in [4.69, 9.17) is 0 Å². The van der Waals surface area contributed by atoms with Gasteiger partial charge in [0.15, 0.2) is 0 Å². The standard InChI is InChI=1S/C29H30BrIN2O3/c30-25-19-33-26-18-22(17-20(11-12-24(25)26)23-9-4-5-10-27(23)34)32-16-6-15-31(36)28(35)29(13-14-29)21-7-2-1-3-8-21/h1-5,7-11,17,19,26,32,34,36H,6,12-16,18H2/b20-11-,22-17+. The van der Waals surface area contributed by atoms with Crippen molar-refractivity contribution in [3.8, 4) is 5.75 Å². The molecule has 0 aromatic heterocycles. The molecule has 0 amide bonds. The van der Waals surface area contributed by atoms with Gasteiger partial charge in [0.05, 0.1) is 0 Å². The second kappa shape index (κ2) is 11.0. The molecule has 2 aliphatic carbocycles. The first kappa shape index (κ1) is 25.4. The minimum atomic E-state index is -2.69. The van der Waals surface area contributed by atoms with Gasteiger partial charge in [-0.15, -0.1) is 0 Å². The number of benzene rings is 2. The zero-order valence-electron chi connectivity index (χ0n) is 20.0. The number of hydrogen-bond donors (Lipinski definition) is 3. The van der Waals surface area contributed by atoms with Crippen LogP contribution in [0.5, 0.6) is 5.75 Å². The fraction of sp³-hybridized carbons (Fsp3) is 0.310. The molecule has 1 aliphatic heterocycles. The molecule has 3 N–H and O–H groups in total. The van der Waals surface area contributed by atoms with Crippen molar-refractivity contribution in [2.24, 2.45) is 4.99 Å². The monoisotopic (exact) mass is 660 g/mol. The second-order valence-corrected chi connectivity index (χ2v) is 14.3. The Hall–Kier alpha value is -2.23. The van der Waals surface area contributed by atoms with E-state index in [2.05, 4.69) is 38.4 Å². The summed E-state index contributed by atoms with van der Waals surface area (Å²) in [6, 6.07) is 17.4. The molecule has 36 heavy (non-hydrogen) atoms. The van der Waals surface area contributed by atoms with E-state index in [1.54, 1.807) is 6.07 Å². The van der Waals surface area contributed by atoms with Crippen molar-refractivity contribution in [1.82, 2.24) is 5.32 Å². The quantitative estimate of drug-likeness (QED) is 0.129. The summed E-state index contributed by atoms with van der Waals surface area (Å²) in [5, 5.41) is 14.0. The number of hydrogen-bond acceptors (Lipinski definition) is 5. The molecule has 1 atom stereocenters. The third-order valence-corrected chi connectivity index (χ3v) is 11.7. The van der Waals surface area contributed by atoms with Gasteiger partial charge in [-0.05, 0) is 0 Å². The van der Waals surface area contributed by atoms with Gasteiger partial charge in [0.2, 0.25) is 0 Å². The van der Waals surface area contributed by atoms with Gasteiger partial charge in [-0.1, -0.05) is 0 Å². The number of halogens is 2. The number of carbonyl (C=O) groups excluding carboxylic acids is 1. The van der Waals surface area contributed by atoms with Gasteiger partial charge in [-0.2, -0.15) is 0 Å². The van der Waals surface area contributed by atoms with Crippen LogP contribution in [0.3, 0.4) is 0 Å². The van der Waals surface area contributed by atoms with Crippen molar-refractivity contribution in [2.45, 2.75) is 43.6 Å². The van der Waals surface area contributed by atoms with Crippen LogP contribution in [0, 0.1) is 0 Å². The summed E-state index contributed by atoms with van der Waals surface area (Å²) in [7, 11) is 0. The molecule has 7 heteroatoms. The van der Waals surface area contributed by atoms with Crippen molar-refractivity contribution in [3.05, 3.63) is 93.6 Å². The van der Waals surface area contributed by atoms with Crippen LogP contribution in [0.1, 0.15) is 43.2 Å². The van der Waals surface area contributed by atoms with Crippen molar-refractivity contribution < 1.29 is 13.3 Å². The van der Waals surface area contributed by atoms with E-state index in [0.29, 0.717) is 11.0 Å². The van der Waals surface area contributed by atoms with Crippen LogP contribution < -0.4 is 5.32 Å². The molecule has 5 nitrogen and oxygen atoms in total. The minimum absolute atomic E-state index is 0.0867. The van der Waals surface area contributed by atoms with Crippen LogP contribution in [0.15, 0.2) is 87.5 Å². The Balaban J connectivity index is 1.24. The van der Waals surface area contributed by atoms with Crippen molar-refractivity contribution in [3.63, 3.8) is 0 Å². The normalized spacial score (nSPS) is 23.5. The Morgan fingerprint density at radius 3 is 2.64 bits per heavy atom. The molecule has 0 radical (unpaired) electrons. The van der Waals surface area contributed by atoms with E-state index in [1.807, 2.05) is 54.7 Å². The first-order valence-electron chi connectivity index (χ1n) is 12.3. The molecule has 1 heterocycles. The molecule has 5 rings (SSSR count). The zero-order chi connectivity index (χ0) is 25.1.